The van der Waals surface area contributed by atoms with E-state index in [4.69, 9.17) is 12.2 Å². The minimum Gasteiger partial charge on any atom is -0.345 e. The van der Waals surface area contributed by atoms with Gasteiger partial charge < -0.3 is 9.80 Å². The molecule has 124 valence electrons. The van der Waals surface area contributed by atoms with E-state index in [0.29, 0.717) is 16.6 Å². The van der Waals surface area contributed by atoms with Gasteiger partial charge in [0.1, 0.15) is 5.71 Å². The van der Waals surface area contributed by atoms with E-state index in [1.54, 1.807) is 18.5 Å². The summed E-state index contributed by atoms with van der Waals surface area (Å²) < 4.78 is 0. The second-order valence-corrected chi connectivity index (χ2v) is 5.99. The van der Waals surface area contributed by atoms with E-state index in [-0.39, 0.29) is 0 Å². The average molecular weight is 340 g/mol. The van der Waals surface area contributed by atoms with Crippen molar-refractivity contribution in [1.82, 2.24) is 25.2 Å². The fourth-order valence-electron chi connectivity index (χ4n) is 2.45. The van der Waals surface area contributed by atoms with Gasteiger partial charge in [0.05, 0.1) is 0 Å². The van der Waals surface area contributed by atoms with Crippen LogP contribution in [0, 0.1) is 0 Å². The number of piperazine rings is 1. The standard InChI is InChI=1S/C17H20N6S/c1-22-10-12-23(13-11-22)17(24)21-20-15(14-6-3-2-4-7-14)16-18-8-5-9-19-16/h2-9H,10-13H2,1H3,(H,21,24). The van der Waals surface area contributed by atoms with Crippen molar-refractivity contribution >= 4 is 23.0 Å². The van der Waals surface area contributed by atoms with Gasteiger partial charge in [0.2, 0.25) is 0 Å². The predicted molar refractivity (Wildman–Crippen MR) is 98.9 cm³/mol. The summed E-state index contributed by atoms with van der Waals surface area (Å²) in [7, 11) is 2.12. The van der Waals surface area contributed by atoms with Crippen molar-refractivity contribution in [3.63, 3.8) is 0 Å². The third kappa shape index (κ3) is 4.12. The minimum atomic E-state index is 0.567. The van der Waals surface area contributed by atoms with Crippen LogP contribution in [0.15, 0.2) is 53.9 Å². The molecule has 2 heterocycles. The van der Waals surface area contributed by atoms with Gasteiger partial charge in [0, 0.05) is 44.1 Å². The Morgan fingerprint density at radius 3 is 2.38 bits per heavy atom. The molecule has 0 amide bonds. The number of hydrogen-bond donors (Lipinski definition) is 1. The first-order chi connectivity index (χ1) is 11.7. The molecule has 24 heavy (non-hydrogen) atoms. The lowest BCUT2D eigenvalue weighted by Gasteiger charge is -2.33. The number of benzene rings is 1. The number of nitrogens with one attached hydrogen (secondary N) is 1. The van der Waals surface area contributed by atoms with E-state index in [1.807, 2.05) is 30.3 Å². The van der Waals surface area contributed by atoms with Crippen molar-refractivity contribution in [2.75, 3.05) is 33.2 Å². The third-order valence-electron chi connectivity index (χ3n) is 3.88. The molecule has 0 radical (unpaired) electrons. The summed E-state index contributed by atoms with van der Waals surface area (Å²) in [4.78, 5) is 13.0. The van der Waals surface area contributed by atoms with Crippen LogP contribution < -0.4 is 5.43 Å². The molecule has 0 unspecified atom stereocenters. The zero-order valence-corrected chi connectivity index (χ0v) is 14.4. The van der Waals surface area contributed by atoms with Crippen LogP contribution in [0.1, 0.15) is 11.4 Å². The second-order valence-electron chi connectivity index (χ2n) is 5.61. The van der Waals surface area contributed by atoms with Gasteiger partial charge in [-0.1, -0.05) is 30.3 Å². The van der Waals surface area contributed by atoms with Gasteiger partial charge in [-0.25, -0.2) is 9.97 Å². The first-order valence-electron chi connectivity index (χ1n) is 7.88. The van der Waals surface area contributed by atoms with Crippen LogP contribution in [0.2, 0.25) is 0 Å². The molecule has 1 aromatic heterocycles. The van der Waals surface area contributed by atoms with Gasteiger partial charge in [0.15, 0.2) is 10.9 Å². The number of hydrazone groups is 1. The van der Waals surface area contributed by atoms with Crippen LogP contribution >= 0.6 is 12.2 Å². The van der Waals surface area contributed by atoms with Crippen LogP contribution in [-0.2, 0) is 0 Å². The first kappa shape index (κ1) is 16.5. The Hall–Kier alpha value is -2.38. The summed E-state index contributed by atoms with van der Waals surface area (Å²) in [5.74, 6) is 0.567. The summed E-state index contributed by atoms with van der Waals surface area (Å²) in [6.07, 6.45) is 3.42. The normalized spacial score (nSPS) is 16.0. The highest BCUT2D eigenvalue weighted by atomic mass is 32.1. The van der Waals surface area contributed by atoms with Gasteiger partial charge in [-0.3, -0.25) is 5.43 Å². The monoisotopic (exact) mass is 340 g/mol. The Labute approximate surface area is 147 Å². The fourth-order valence-corrected chi connectivity index (χ4v) is 2.67. The van der Waals surface area contributed by atoms with Crippen molar-refractivity contribution in [2.24, 2.45) is 5.10 Å². The molecule has 7 heteroatoms. The highest BCUT2D eigenvalue weighted by Gasteiger charge is 2.16. The Morgan fingerprint density at radius 1 is 1.04 bits per heavy atom. The van der Waals surface area contributed by atoms with Crippen molar-refractivity contribution in [2.45, 2.75) is 0 Å². The van der Waals surface area contributed by atoms with Crippen LogP contribution in [0.3, 0.4) is 0 Å². The first-order valence-corrected chi connectivity index (χ1v) is 8.29. The molecule has 1 fully saturated rings. The summed E-state index contributed by atoms with van der Waals surface area (Å²) in [5, 5.41) is 5.14. The molecular formula is C17H20N6S. The zero-order valence-electron chi connectivity index (χ0n) is 13.6. The Morgan fingerprint density at radius 2 is 1.71 bits per heavy atom. The molecule has 0 bridgehead atoms. The Kier molecular flexibility index (Phi) is 5.45. The lowest BCUT2D eigenvalue weighted by molar-refractivity contribution is 0.214. The molecule has 0 saturated carbocycles. The lowest BCUT2D eigenvalue weighted by atomic mass is 10.1. The van der Waals surface area contributed by atoms with E-state index >= 15 is 0 Å². The highest BCUT2D eigenvalue weighted by Crippen LogP contribution is 2.07. The minimum absolute atomic E-state index is 0.567. The zero-order chi connectivity index (χ0) is 16.8. The van der Waals surface area contributed by atoms with Gasteiger partial charge in [0.25, 0.3) is 0 Å². The molecule has 1 aliphatic rings. The van der Waals surface area contributed by atoms with Crippen molar-refractivity contribution in [3.05, 3.63) is 60.2 Å². The molecule has 1 aliphatic heterocycles. The van der Waals surface area contributed by atoms with Gasteiger partial charge in [-0.05, 0) is 25.3 Å². The van der Waals surface area contributed by atoms with E-state index in [1.165, 1.54) is 0 Å². The maximum absolute atomic E-state index is 5.48. The molecule has 1 saturated heterocycles. The molecule has 1 N–H and O–H groups in total. The molecule has 2 aromatic rings. The summed E-state index contributed by atoms with van der Waals surface area (Å²) in [6, 6.07) is 11.6. The molecular weight excluding hydrogens is 320 g/mol. The Balaban J connectivity index is 1.78. The molecule has 0 aliphatic carbocycles. The van der Waals surface area contributed by atoms with Crippen molar-refractivity contribution in [3.8, 4) is 0 Å². The van der Waals surface area contributed by atoms with Crippen LogP contribution in [-0.4, -0.2) is 63.8 Å². The summed E-state index contributed by atoms with van der Waals surface area (Å²) >= 11 is 5.48. The predicted octanol–water partition coefficient (Wildman–Crippen LogP) is 1.35. The van der Waals surface area contributed by atoms with Gasteiger partial charge in [-0.2, -0.15) is 5.10 Å². The second kappa shape index (κ2) is 7.94. The van der Waals surface area contributed by atoms with Crippen LogP contribution in [0.5, 0.6) is 0 Å². The van der Waals surface area contributed by atoms with E-state index in [0.717, 1.165) is 31.7 Å². The maximum atomic E-state index is 5.48. The molecule has 0 atom stereocenters. The average Bonchev–Trinajstić information content (AvgIpc) is 2.64. The molecule has 6 nitrogen and oxygen atoms in total. The van der Waals surface area contributed by atoms with E-state index < -0.39 is 0 Å². The number of likely N-dealkylation sites (N-methyl/N-ethyl adjacent to an activating group) is 1. The summed E-state index contributed by atoms with van der Waals surface area (Å²) in [6.45, 7) is 3.80. The highest BCUT2D eigenvalue weighted by molar-refractivity contribution is 7.80. The SMILES string of the molecule is CN1CCN(C(=S)NN=C(c2ccccc2)c2ncccn2)CC1. The smallest absolute Gasteiger partial charge is 0.189 e. The fraction of sp³-hybridized carbons (Fsp3) is 0.294. The van der Waals surface area contributed by atoms with Crippen LogP contribution in [0.4, 0.5) is 0 Å². The topological polar surface area (TPSA) is 56.6 Å². The molecule has 3 rings (SSSR count). The number of nitrogens with zero attached hydrogens (tertiary/aromatic N) is 5. The van der Waals surface area contributed by atoms with Gasteiger partial charge in [-0.15, -0.1) is 0 Å². The number of rotatable bonds is 3. The van der Waals surface area contributed by atoms with Crippen LogP contribution in [0.25, 0.3) is 0 Å². The number of hydrogen-bond acceptors (Lipinski definition) is 5. The largest absolute Gasteiger partial charge is 0.345 e. The maximum Gasteiger partial charge on any atom is 0.189 e. The quantitative estimate of drug-likeness (QED) is 0.517. The number of aromatic nitrogens is 2. The summed E-state index contributed by atoms with van der Waals surface area (Å²) in [5.41, 5.74) is 4.63. The third-order valence-corrected chi connectivity index (χ3v) is 4.23. The Bertz CT molecular complexity index is 654. The van der Waals surface area contributed by atoms with E-state index in [9.17, 15) is 0 Å². The lowest BCUT2D eigenvalue weighted by Crippen LogP contribution is -2.49. The van der Waals surface area contributed by atoms with Crippen molar-refractivity contribution in [1.29, 1.82) is 0 Å². The van der Waals surface area contributed by atoms with Gasteiger partial charge >= 0.3 is 0 Å². The van der Waals surface area contributed by atoms with Crippen molar-refractivity contribution < 1.29 is 0 Å². The molecule has 1 aromatic carbocycles. The number of thiocarbonyl (C=S) groups is 1. The van der Waals surface area contributed by atoms with E-state index in [2.05, 4.69) is 37.3 Å². The molecule has 0 spiro atoms.